The van der Waals surface area contributed by atoms with Crippen LogP contribution in [-0.4, -0.2) is 32.9 Å². The zero-order valence-electron chi connectivity index (χ0n) is 15.1. The molecule has 0 radical (unpaired) electrons. The van der Waals surface area contributed by atoms with Gasteiger partial charge in [0.15, 0.2) is 5.16 Å². The summed E-state index contributed by atoms with van der Waals surface area (Å²) in [5.41, 5.74) is 2.13. The van der Waals surface area contributed by atoms with Gasteiger partial charge in [0.2, 0.25) is 11.8 Å². The molecule has 2 amide bonds. The Morgan fingerprint density at radius 1 is 1.22 bits per heavy atom. The molecule has 0 unspecified atom stereocenters. The highest BCUT2D eigenvalue weighted by molar-refractivity contribution is 8.00. The topological polar surface area (TPSA) is 93.1 Å². The van der Waals surface area contributed by atoms with Crippen LogP contribution in [0, 0.1) is 0 Å². The third-order valence-electron chi connectivity index (χ3n) is 3.89. The van der Waals surface area contributed by atoms with Gasteiger partial charge < -0.3 is 10.6 Å². The van der Waals surface area contributed by atoms with E-state index in [-0.39, 0.29) is 23.1 Å². The van der Waals surface area contributed by atoms with E-state index >= 15 is 0 Å². The van der Waals surface area contributed by atoms with Crippen molar-refractivity contribution < 1.29 is 9.59 Å². The maximum absolute atomic E-state index is 12.5. The molecular formula is C18H20N4O3S2. The highest BCUT2D eigenvalue weighted by atomic mass is 32.2. The molecule has 9 heteroatoms. The summed E-state index contributed by atoms with van der Waals surface area (Å²) in [6, 6.07) is 6.89. The number of aryl methyl sites for hydroxylation is 1. The molecule has 1 aromatic carbocycles. The molecule has 0 aliphatic carbocycles. The Morgan fingerprint density at radius 3 is 2.52 bits per heavy atom. The number of carbonyl (C=O) groups is 2. The van der Waals surface area contributed by atoms with Gasteiger partial charge in [-0.25, -0.2) is 4.98 Å². The number of aromatic nitrogens is 2. The third-order valence-corrected chi connectivity index (χ3v) is 5.97. The molecule has 2 heterocycles. The molecule has 2 N–H and O–H groups in total. The Bertz CT molecular complexity index is 925. The first-order valence-electron chi connectivity index (χ1n) is 8.54. The highest BCUT2D eigenvalue weighted by Crippen LogP contribution is 2.28. The van der Waals surface area contributed by atoms with Gasteiger partial charge in [-0.05, 0) is 31.2 Å². The lowest BCUT2D eigenvalue weighted by Crippen LogP contribution is -2.25. The number of hydrogen-bond acceptors (Lipinski definition) is 6. The van der Waals surface area contributed by atoms with Crippen molar-refractivity contribution in [3.63, 3.8) is 0 Å². The molecule has 0 saturated heterocycles. The van der Waals surface area contributed by atoms with E-state index < -0.39 is 0 Å². The van der Waals surface area contributed by atoms with Crippen molar-refractivity contribution in [3.05, 3.63) is 40.3 Å². The van der Waals surface area contributed by atoms with Crippen LogP contribution < -0.4 is 16.2 Å². The Morgan fingerprint density at radius 2 is 1.89 bits per heavy atom. The summed E-state index contributed by atoms with van der Waals surface area (Å²) in [5, 5.41) is 6.06. The minimum absolute atomic E-state index is 0.0125. The molecule has 0 atom stereocenters. The van der Waals surface area contributed by atoms with Crippen LogP contribution in [0.4, 0.5) is 11.4 Å². The lowest BCUT2D eigenvalue weighted by atomic mass is 10.3. The van der Waals surface area contributed by atoms with E-state index in [0.29, 0.717) is 23.1 Å². The van der Waals surface area contributed by atoms with Gasteiger partial charge in [0.05, 0.1) is 16.3 Å². The second kappa shape index (κ2) is 8.62. The fraction of sp³-hybridized carbons (Fsp3) is 0.333. The van der Waals surface area contributed by atoms with Gasteiger partial charge in [-0.2, -0.15) is 0 Å². The number of anilines is 2. The van der Waals surface area contributed by atoms with Crippen molar-refractivity contribution in [3.8, 4) is 0 Å². The lowest BCUT2D eigenvalue weighted by Gasteiger charge is -2.12. The zero-order chi connectivity index (χ0) is 19.4. The number of amides is 2. The summed E-state index contributed by atoms with van der Waals surface area (Å²) in [5.74, 6) is 0.709. The Hall–Kier alpha value is -2.26. The van der Waals surface area contributed by atoms with Crippen LogP contribution in [0.3, 0.4) is 0 Å². The molecule has 27 heavy (non-hydrogen) atoms. The van der Waals surface area contributed by atoms with Crippen molar-refractivity contribution in [2.45, 2.75) is 36.9 Å². The van der Waals surface area contributed by atoms with Gasteiger partial charge in [0.1, 0.15) is 0 Å². The van der Waals surface area contributed by atoms with Crippen LogP contribution in [0.2, 0.25) is 0 Å². The van der Waals surface area contributed by atoms with Crippen LogP contribution in [0.15, 0.2) is 39.1 Å². The molecule has 7 nitrogen and oxygen atoms in total. The predicted molar refractivity (Wildman–Crippen MR) is 109 cm³/mol. The molecule has 3 rings (SSSR count). The first-order valence-corrected chi connectivity index (χ1v) is 10.5. The molecule has 0 fully saturated rings. The fourth-order valence-corrected chi connectivity index (χ4v) is 4.60. The van der Waals surface area contributed by atoms with Crippen molar-refractivity contribution in [2.75, 3.05) is 22.1 Å². The van der Waals surface area contributed by atoms with Crippen LogP contribution in [0.5, 0.6) is 0 Å². The second-order valence-electron chi connectivity index (χ2n) is 5.91. The summed E-state index contributed by atoms with van der Waals surface area (Å²) in [6.07, 6.45) is 0.792. The SMILES string of the molecule is CCn1c(SCC(=O)Nc2ccc(NC(C)=O)cc2)nc2c(c1=O)SCC2. The Kier molecular flexibility index (Phi) is 6.22. The molecule has 142 valence electrons. The van der Waals surface area contributed by atoms with Gasteiger partial charge in [-0.1, -0.05) is 11.8 Å². The molecular weight excluding hydrogens is 384 g/mol. The predicted octanol–water partition coefficient (Wildman–Crippen LogP) is 2.60. The smallest absolute Gasteiger partial charge is 0.268 e. The molecule has 1 aromatic heterocycles. The van der Waals surface area contributed by atoms with Crippen molar-refractivity contribution in [1.82, 2.24) is 9.55 Å². The average Bonchev–Trinajstić information content (AvgIpc) is 3.10. The maximum Gasteiger partial charge on any atom is 0.268 e. The van der Waals surface area contributed by atoms with Crippen molar-refractivity contribution in [2.24, 2.45) is 0 Å². The first kappa shape index (κ1) is 19.5. The minimum atomic E-state index is -0.181. The number of rotatable bonds is 6. The van der Waals surface area contributed by atoms with E-state index in [1.165, 1.54) is 18.7 Å². The summed E-state index contributed by atoms with van der Waals surface area (Å²) < 4.78 is 1.62. The van der Waals surface area contributed by atoms with Gasteiger partial charge in [-0.3, -0.25) is 19.0 Å². The van der Waals surface area contributed by atoms with Crippen molar-refractivity contribution >= 4 is 46.7 Å². The maximum atomic E-state index is 12.5. The van der Waals surface area contributed by atoms with Gasteiger partial charge >= 0.3 is 0 Å². The molecule has 0 bridgehead atoms. The number of nitrogens with one attached hydrogen (secondary N) is 2. The van der Waals surface area contributed by atoms with E-state index in [0.717, 1.165) is 22.8 Å². The van der Waals surface area contributed by atoms with Crippen LogP contribution in [0.25, 0.3) is 0 Å². The summed E-state index contributed by atoms with van der Waals surface area (Å²) in [7, 11) is 0. The van der Waals surface area contributed by atoms with Gasteiger partial charge in [0, 0.05) is 37.0 Å². The van der Waals surface area contributed by atoms with E-state index in [1.54, 1.807) is 40.6 Å². The monoisotopic (exact) mass is 404 g/mol. The standard InChI is InChI=1S/C18H20N4O3S2/c1-3-22-17(25)16-14(8-9-26-16)21-18(22)27-10-15(24)20-13-6-4-12(5-7-13)19-11(2)23/h4-7H,3,8-10H2,1-2H3,(H,19,23)(H,20,24). The Labute approximate surface area is 165 Å². The fourth-order valence-electron chi connectivity index (χ4n) is 2.68. The largest absolute Gasteiger partial charge is 0.326 e. The number of nitrogens with zero attached hydrogens (tertiary/aromatic N) is 2. The molecule has 2 aromatic rings. The number of fused-ring (bicyclic) bond motifs is 1. The quantitative estimate of drug-likeness (QED) is 0.568. The van der Waals surface area contributed by atoms with E-state index in [4.69, 9.17) is 0 Å². The van der Waals surface area contributed by atoms with Crippen LogP contribution in [0.1, 0.15) is 19.5 Å². The number of hydrogen-bond donors (Lipinski definition) is 2. The summed E-state index contributed by atoms with van der Waals surface area (Å²) >= 11 is 2.82. The summed E-state index contributed by atoms with van der Waals surface area (Å²) in [4.78, 5) is 41.1. The number of thioether (sulfide) groups is 2. The average molecular weight is 405 g/mol. The third kappa shape index (κ3) is 4.72. The molecule has 1 aliphatic rings. The first-order chi connectivity index (χ1) is 13.0. The second-order valence-corrected chi connectivity index (χ2v) is 7.96. The van der Waals surface area contributed by atoms with E-state index in [9.17, 15) is 14.4 Å². The normalized spacial score (nSPS) is 12.5. The Balaban J connectivity index is 1.63. The lowest BCUT2D eigenvalue weighted by molar-refractivity contribution is -0.114. The zero-order valence-corrected chi connectivity index (χ0v) is 16.7. The minimum Gasteiger partial charge on any atom is -0.326 e. The van der Waals surface area contributed by atoms with E-state index in [1.807, 2.05) is 6.92 Å². The van der Waals surface area contributed by atoms with E-state index in [2.05, 4.69) is 15.6 Å². The molecule has 0 spiro atoms. The van der Waals surface area contributed by atoms with Crippen molar-refractivity contribution in [1.29, 1.82) is 0 Å². The molecule has 1 aliphatic heterocycles. The van der Waals surface area contributed by atoms with Crippen LogP contribution in [-0.2, 0) is 22.6 Å². The number of carbonyl (C=O) groups excluding carboxylic acids is 2. The molecule has 0 saturated carbocycles. The number of benzene rings is 1. The van der Waals surface area contributed by atoms with Gasteiger partial charge in [-0.15, -0.1) is 11.8 Å². The summed E-state index contributed by atoms with van der Waals surface area (Å²) in [6.45, 7) is 3.86. The van der Waals surface area contributed by atoms with Crippen LogP contribution >= 0.6 is 23.5 Å². The van der Waals surface area contributed by atoms with Gasteiger partial charge in [0.25, 0.3) is 5.56 Å². The highest BCUT2D eigenvalue weighted by Gasteiger charge is 2.21.